The molecule has 1 saturated heterocycles. The molecule has 0 atom stereocenters. The lowest BCUT2D eigenvalue weighted by molar-refractivity contribution is -0.120. The number of amides is 1. The Bertz CT molecular complexity index is 632. The second-order valence-corrected chi connectivity index (χ2v) is 6.90. The zero-order valence-corrected chi connectivity index (χ0v) is 19.4. The fourth-order valence-electron chi connectivity index (χ4n) is 3.17. The van der Waals surface area contributed by atoms with E-state index < -0.39 is 0 Å². The summed E-state index contributed by atoms with van der Waals surface area (Å²) in [7, 11) is 3.90. The lowest BCUT2D eigenvalue weighted by atomic mass is 10.2. The summed E-state index contributed by atoms with van der Waals surface area (Å²) in [6.45, 7) is 7.48. The molecule has 28 heavy (non-hydrogen) atoms. The molecule has 2 rings (SSSR count). The van der Waals surface area contributed by atoms with Gasteiger partial charge in [-0.3, -0.25) is 9.79 Å². The monoisotopic (exact) mass is 499 g/mol. The number of aliphatic imine (C=N–C) groups is 1. The van der Waals surface area contributed by atoms with Crippen LogP contribution in [0.2, 0.25) is 0 Å². The van der Waals surface area contributed by atoms with E-state index in [0.29, 0.717) is 13.1 Å². The van der Waals surface area contributed by atoms with Gasteiger partial charge in [0, 0.05) is 46.0 Å². The number of piperazine rings is 1. The van der Waals surface area contributed by atoms with Crippen LogP contribution in [0.4, 0.5) is 5.69 Å². The average molecular weight is 499 g/mol. The Morgan fingerprint density at radius 3 is 2.71 bits per heavy atom. The van der Waals surface area contributed by atoms with Crippen molar-refractivity contribution in [1.82, 2.24) is 15.5 Å². The van der Waals surface area contributed by atoms with Gasteiger partial charge in [0.15, 0.2) is 5.96 Å². The molecule has 1 fully saturated rings. The SMILES string of the molecule is C=CCCCCCN(C)C(=NC)NCc1ccc(N2CCNC(=O)C2)cc1.I. The largest absolute Gasteiger partial charge is 0.360 e. The lowest BCUT2D eigenvalue weighted by Gasteiger charge is -2.28. The molecule has 0 spiro atoms. The van der Waals surface area contributed by atoms with Crippen LogP contribution in [0.1, 0.15) is 31.2 Å². The standard InChI is InChI=1S/C21H33N5O.HI/c1-4-5-6-7-8-14-25(3)21(22-2)24-16-18-9-11-19(12-10-18)26-15-13-23-20(27)17-26;/h4,9-12H,1,5-8,13-17H2,2-3H3,(H,22,24)(H,23,27);1H. The Labute approximate surface area is 186 Å². The van der Waals surface area contributed by atoms with Crippen molar-refractivity contribution in [2.75, 3.05) is 45.2 Å². The number of carbonyl (C=O) groups is 1. The summed E-state index contributed by atoms with van der Waals surface area (Å²) in [6.07, 6.45) is 6.64. The van der Waals surface area contributed by atoms with Crippen LogP contribution in [0.25, 0.3) is 0 Å². The second-order valence-electron chi connectivity index (χ2n) is 6.90. The van der Waals surface area contributed by atoms with E-state index >= 15 is 0 Å². The van der Waals surface area contributed by atoms with Gasteiger partial charge in [0.25, 0.3) is 0 Å². The maximum absolute atomic E-state index is 11.5. The number of nitrogens with zero attached hydrogens (tertiary/aromatic N) is 3. The minimum absolute atomic E-state index is 0. The Morgan fingerprint density at radius 1 is 1.32 bits per heavy atom. The van der Waals surface area contributed by atoms with Gasteiger partial charge in [0.2, 0.25) is 5.91 Å². The molecule has 0 bridgehead atoms. The molecule has 1 aliphatic rings. The number of allylic oxidation sites excluding steroid dienone is 1. The number of carbonyl (C=O) groups excluding carboxylic acids is 1. The molecule has 0 unspecified atom stereocenters. The molecule has 0 aliphatic carbocycles. The van der Waals surface area contributed by atoms with Gasteiger partial charge in [-0.05, 0) is 37.0 Å². The van der Waals surface area contributed by atoms with E-state index in [4.69, 9.17) is 0 Å². The number of hydrogen-bond acceptors (Lipinski definition) is 3. The van der Waals surface area contributed by atoms with Crippen LogP contribution in [-0.2, 0) is 11.3 Å². The molecule has 1 amide bonds. The summed E-state index contributed by atoms with van der Waals surface area (Å²) in [5.74, 6) is 0.999. The van der Waals surface area contributed by atoms with Crippen LogP contribution in [0.15, 0.2) is 41.9 Å². The highest BCUT2D eigenvalue weighted by Gasteiger charge is 2.16. The molecule has 156 valence electrons. The first-order chi connectivity index (χ1) is 13.1. The topological polar surface area (TPSA) is 60.0 Å². The third-order valence-corrected chi connectivity index (χ3v) is 4.77. The zero-order chi connectivity index (χ0) is 19.5. The maximum Gasteiger partial charge on any atom is 0.239 e. The van der Waals surface area contributed by atoms with Crippen LogP contribution in [0.5, 0.6) is 0 Å². The number of halogens is 1. The van der Waals surface area contributed by atoms with Gasteiger partial charge in [0.05, 0.1) is 6.54 Å². The first kappa shape index (κ1) is 24.3. The van der Waals surface area contributed by atoms with Crippen molar-refractivity contribution in [3.8, 4) is 0 Å². The van der Waals surface area contributed by atoms with Gasteiger partial charge in [-0.15, -0.1) is 30.6 Å². The lowest BCUT2D eigenvalue weighted by Crippen LogP contribution is -2.47. The summed E-state index contributed by atoms with van der Waals surface area (Å²) < 4.78 is 0. The van der Waals surface area contributed by atoms with E-state index in [-0.39, 0.29) is 29.9 Å². The molecular formula is C21H34IN5O. The van der Waals surface area contributed by atoms with Crippen LogP contribution in [0.3, 0.4) is 0 Å². The minimum Gasteiger partial charge on any atom is -0.360 e. The number of benzene rings is 1. The zero-order valence-electron chi connectivity index (χ0n) is 17.1. The first-order valence-corrected chi connectivity index (χ1v) is 9.77. The fourth-order valence-corrected chi connectivity index (χ4v) is 3.17. The van der Waals surface area contributed by atoms with Crippen LogP contribution in [0, 0.1) is 0 Å². The number of guanidine groups is 1. The van der Waals surface area contributed by atoms with Gasteiger partial charge < -0.3 is 20.4 Å². The smallest absolute Gasteiger partial charge is 0.239 e. The molecular weight excluding hydrogens is 465 g/mol. The Balaban J connectivity index is 0.00000392. The molecule has 6 nitrogen and oxygen atoms in total. The third-order valence-electron chi connectivity index (χ3n) is 4.77. The highest BCUT2D eigenvalue weighted by molar-refractivity contribution is 14.0. The van der Waals surface area contributed by atoms with Crippen LogP contribution in [-0.4, -0.2) is 57.0 Å². The number of rotatable bonds is 9. The van der Waals surface area contributed by atoms with E-state index in [1.54, 1.807) is 0 Å². The summed E-state index contributed by atoms with van der Waals surface area (Å²) in [4.78, 5) is 20.2. The van der Waals surface area contributed by atoms with Gasteiger partial charge >= 0.3 is 0 Å². The van der Waals surface area contributed by atoms with E-state index in [0.717, 1.165) is 44.1 Å². The average Bonchev–Trinajstić information content (AvgIpc) is 2.69. The van der Waals surface area contributed by atoms with E-state index in [9.17, 15) is 4.79 Å². The van der Waals surface area contributed by atoms with Crippen molar-refractivity contribution in [2.24, 2.45) is 4.99 Å². The summed E-state index contributed by atoms with van der Waals surface area (Å²) in [6, 6.07) is 8.39. The highest BCUT2D eigenvalue weighted by Crippen LogP contribution is 2.16. The normalized spacial score (nSPS) is 14.1. The van der Waals surface area contributed by atoms with Gasteiger partial charge in [-0.2, -0.15) is 0 Å². The summed E-state index contributed by atoms with van der Waals surface area (Å²) in [5.41, 5.74) is 2.29. The molecule has 1 heterocycles. The number of anilines is 1. The van der Waals surface area contributed by atoms with Crippen LogP contribution >= 0.6 is 24.0 Å². The Hall–Kier alpha value is -1.77. The van der Waals surface area contributed by atoms with Crippen molar-refractivity contribution in [3.05, 3.63) is 42.5 Å². The second kappa shape index (κ2) is 13.4. The molecule has 7 heteroatoms. The van der Waals surface area contributed by atoms with Crippen molar-refractivity contribution in [2.45, 2.75) is 32.2 Å². The van der Waals surface area contributed by atoms with Crippen molar-refractivity contribution in [1.29, 1.82) is 0 Å². The van der Waals surface area contributed by atoms with Crippen molar-refractivity contribution < 1.29 is 4.79 Å². The molecule has 0 saturated carbocycles. The van der Waals surface area contributed by atoms with E-state index in [1.165, 1.54) is 18.4 Å². The minimum atomic E-state index is 0. The van der Waals surface area contributed by atoms with Gasteiger partial charge in [0.1, 0.15) is 0 Å². The first-order valence-electron chi connectivity index (χ1n) is 9.77. The van der Waals surface area contributed by atoms with Crippen molar-refractivity contribution in [3.63, 3.8) is 0 Å². The Kier molecular flexibility index (Phi) is 11.6. The predicted molar refractivity (Wildman–Crippen MR) is 129 cm³/mol. The number of hydrogen-bond donors (Lipinski definition) is 2. The van der Waals surface area contributed by atoms with Gasteiger partial charge in [-0.1, -0.05) is 24.6 Å². The van der Waals surface area contributed by atoms with E-state index in [2.05, 4.69) is 63.3 Å². The Morgan fingerprint density at radius 2 is 2.07 bits per heavy atom. The number of unbranched alkanes of at least 4 members (excludes halogenated alkanes) is 3. The predicted octanol–water partition coefficient (Wildman–Crippen LogP) is 2.99. The third kappa shape index (κ3) is 8.08. The van der Waals surface area contributed by atoms with E-state index in [1.807, 2.05) is 13.1 Å². The van der Waals surface area contributed by atoms with Crippen LogP contribution < -0.4 is 15.5 Å². The summed E-state index contributed by atoms with van der Waals surface area (Å²) in [5, 5.41) is 6.28. The fraction of sp³-hybridized carbons (Fsp3) is 0.524. The number of nitrogens with one attached hydrogen (secondary N) is 2. The summed E-state index contributed by atoms with van der Waals surface area (Å²) >= 11 is 0. The molecule has 0 aromatic heterocycles. The highest BCUT2D eigenvalue weighted by atomic mass is 127. The van der Waals surface area contributed by atoms with Gasteiger partial charge in [-0.25, -0.2) is 0 Å². The quantitative estimate of drug-likeness (QED) is 0.180. The molecule has 1 aromatic carbocycles. The maximum atomic E-state index is 11.5. The molecule has 1 aromatic rings. The molecule has 2 N–H and O–H groups in total. The molecule has 0 radical (unpaired) electrons. The molecule has 1 aliphatic heterocycles. The van der Waals surface area contributed by atoms with Crippen molar-refractivity contribution >= 4 is 41.5 Å².